The van der Waals surface area contributed by atoms with Crippen LogP contribution in [0.25, 0.3) is 10.9 Å². The van der Waals surface area contributed by atoms with E-state index < -0.39 is 6.61 Å². The minimum atomic E-state index is -0.474. The minimum Gasteiger partial charge on any atom is -0.387 e. The number of carbonyl (C=O) groups excluding carboxylic acids is 1. The number of hydrogen-bond donors (Lipinski definition) is 2. The molecule has 1 aromatic carbocycles. The van der Waals surface area contributed by atoms with E-state index in [9.17, 15) is 4.79 Å². The highest BCUT2D eigenvalue weighted by molar-refractivity contribution is 6.35. The predicted octanol–water partition coefficient (Wildman–Crippen LogP) is 2.21. The summed E-state index contributed by atoms with van der Waals surface area (Å²) in [5, 5.41) is 13.5. The fraction of sp³-hybridized carbons (Fsp3) is 0.412. The maximum Gasteiger partial charge on any atom is 0.245 e. The highest BCUT2D eigenvalue weighted by Gasteiger charge is 2.27. The fourth-order valence-corrected chi connectivity index (χ4v) is 3.54. The molecule has 2 aromatic rings. The first kappa shape index (κ1) is 16.0. The number of hydrogen-bond acceptors (Lipinski definition) is 4. The fourth-order valence-electron chi connectivity index (χ4n) is 3.33. The summed E-state index contributed by atoms with van der Waals surface area (Å²) in [5.74, 6) is 0.113. The molecule has 2 heterocycles. The maximum absolute atomic E-state index is 11.5. The number of nitrogens with one attached hydrogen (secondary N) is 1. The maximum atomic E-state index is 11.5. The second-order valence-corrected chi connectivity index (χ2v) is 6.54. The Morgan fingerprint density at radius 1 is 1.43 bits per heavy atom. The summed E-state index contributed by atoms with van der Waals surface area (Å²) in [5.41, 5.74) is 1.87. The first-order valence-electron chi connectivity index (χ1n) is 7.77. The smallest absolute Gasteiger partial charge is 0.245 e. The van der Waals surface area contributed by atoms with Crippen molar-refractivity contribution in [2.24, 2.45) is 5.92 Å². The van der Waals surface area contributed by atoms with Crippen LogP contribution >= 0.6 is 11.6 Å². The van der Waals surface area contributed by atoms with Crippen molar-refractivity contribution < 1.29 is 9.90 Å². The van der Waals surface area contributed by atoms with Crippen molar-refractivity contribution in [1.29, 1.82) is 0 Å². The molecule has 2 atom stereocenters. The number of anilines is 1. The van der Waals surface area contributed by atoms with E-state index in [-0.39, 0.29) is 11.9 Å². The van der Waals surface area contributed by atoms with E-state index in [0.29, 0.717) is 17.5 Å². The molecule has 2 unspecified atom stereocenters. The van der Waals surface area contributed by atoms with Gasteiger partial charge in [-0.2, -0.15) is 0 Å². The van der Waals surface area contributed by atoms with E-state index in [1.165, 1.54) is 0 Å². The summed E-state index contributed by atoms with van der Waals surface area (Å²) in [6, 6.07) is 7.83. The van der Waals surface area contributed by atoms with Gasteiger partial charge < -0.3 is 15.3 Å². The quantitative estimate of drug-likeness (QED) is 0.904. The third-order valence-corrected chi connectivity index (χ3v) is 4.51. The Bertz CT molecular complexity index is 722. The van der Waals surface area contributed by atoms with E-state index in [0.717, 1.165) is 29.6 Å². The van der Waals surface area contributed by atoms with Crippen molar-refractivity contribution >= 4 is 34.1 Å². The molecule has 23 heavy (non-hydrogen) atoms. The van der Waals surface area contributed by atoms with E-state index in [1.807, 2.05) is 24.3 Å². The minimum absolute atomic E-state index is 0.0285. The molecule has 1 aliphatic heterocycles. The molecule has 0 aliphatic carbocycles. The third-order valence-electron chi connectivity index (χ3n) is 4.21. The molecule has 0 saturated carbocycles. The Morgan fingerprint density at radius 2 is 2.26 bits per heavy atom. The van der Waals surface area contributed by atoms with Gasteiger partial charge in [-0.05, 0) is 36.6 Å². The molecule has 1 saturated heterocycles. The van der Waals surface area contributed by atoms with Gasteiger partial charge in [0.2, 0.25) is 5.91 Å². The van der Waals surface area contributed by atoms with Crippen LogP contribution in [-0.4, -0.2) is 41.7 Å². The number of nitrogens with zero attached hydrogens (tertiary/aromatic N) is 2. The molecule has 1 aliphatic rings. The van der Waals surface area contributed by atoms with Gasteiger partial charge in [0.05, 0.1) is 10.5 Å². The Hall–Kier alpha value is -1.85. The van der Waals surface area contributed by atoms with Gasteiger partial charge in [-0.15, -0.1) is 0 Å². The topological polar surface area (TPSA) is 65.5 Å². The van der Waals surface area contributed by atoms with Crippen molar-refractivity contribution in [3.8, 4) is 0 Å². The van der Waals surface area contributed by atoms with Gasteiger partial charge in [-0.1, -0.05) is 18.5 Å². The number of amides is 1. The van der Waals surface area contributed by atoms with Gasteiger partial charge in [-0.3, -0.25) is 9.78 Å². The molecule has 0 bridgehead atoms. The summed E-state index contributed by atoms with van der Waals surface area (Å²) in [4.78, 5) is 18.1. The zero-order valence-electron chi connectivity index (χ0n) is 13.0. The number of benzene rings is 1. The molecule has 122 valence electrons. The summed E-state index contributed by atoms with van der Waals surface area (Å²) >= 11 is 6.25. The second kappa shape index (κ2) is 6.72. The molecule has 6 heteroatoms. The van der Waals surface area contributed by atoms with Crippen LogP contribution in [0.1, 0.15) is 13.3 Å². The number of rotatable bonds is 3. The van der Waals surface area contributed by atoms with Gasteiger partial charge in [0, 0.05) is 36.4 Å². The van der Waals surface area contributed by atoms with E-state index >= 15 is 0 Å². The van der Waals surface area contributed by atoms with Gasteiger partial charge in [0.1, 0.15) is 6.61 Å². The predicted molar refractivity (Wildman–Crippen MR) is 91.8 cm³/mol. The first-order valence-corrected chi connectivity index (χ1v) is 8.14. The highest BCUT2D eigenvalue weighted by Crippen LogP contribution is 2.33. The number of halogens is 1. The lowest BCUT2D eigenvalue weighted by atomic mass is 9.95. The van der Waals surface area contributed by atoms with Crippen LogP contribution in [0.15, 0.2) is 30.5 Å². The molecule has 2 N–H and O–H groups in total. The third kappa shape index (κ3) is 3.41. The summed E-state index contributed by atoms with van der Waals surface area (Å²) < 4.78 is 0. The number of piperidine rings is 1. The molecule has 0 radical (unpaired) electrons. The highest BCUT2D eigenvalue weighted by atomic mass is 35.5. The van der Waals surface area contributed by atoms with Gasteiger partial charge >= 0.3 is 0 Å². The molecule has 1 fully saturated rings. The van der Waals surface area contributed by atoms with Gasteiger partial charge in [0.15, 0.2) is 0 Å². The lowest BCUT2D eigenvalue weighted by molar-refractivity contribution is -0.124. The van der Waals surface area contributed by atoms with Crippen LogP contribution in [0, 0.1) is 5.92 Å². The van der Waals surface area contributed by atoms with Crippen molar-refractivity contribution in [1.82, 2.24) is 10.3 Å². The molecular formula is C17H20ClN3O2. The van der Waals surface area contributed by atoms with E-state index in [1.54, 1.807) is 6.20 Å². The largest absolute Gasteiger partial charge is 0.387 e. The van der Waals surface area contributed by atoms with Crippen LogP contribution in [0.5, 0.6) is 0 Å². The Kier molecular flexibility index (Phi) is 4.68. The van der Waals surface area contributed by atoms with Crippen LogP contribution < -0.4 is 10.2 Å². The van der Waals surface area contributed by atoms with Gasteiger partial charge in [0.25, 0.3) is 0 Å². The van der Waals surface area contributed by atoms with Crippen molar-refractivity contribution in [3.05, 3.63) is 35.5 Å². The van der Waals surface area contributed by atoms with E-state index in [4.69, 9.17) is 16.7 Å². The molecule has 1 amide bonds. The Labute approximate surface area is 140 Å². The molecule has 0 spiro atoms. The number of aromatic nitrogens is 1. The lowest BCUT2D eigenvalue weighted by Gasteiger charge is -2.38. The summed E-state index contributed by atoms with van der Waals surface area (Å²) in [6.45, 7) is 3.32. The average molecular weight is 334 g/mol. The van der Waals surface area contributed by atoms with Crippen molar-refractivity contribution in [2.45, 2.75) is 19.4 Å². The summed E-state index contributed by atoms with van der Waals surface area (Å²) in [6.07, 6.45) is 2.65. The molecular weight excluding hydrogens is 314 g/mol. The van der Waals surface area contributed by atoms with Crippen LogP contribution in [0.3, 0.4) is 0 Å². The molecule has 1 aromatic heterocycles. The zero-order chi connectivity index (χ0) is 16.4. The number of aliphatic hydroxyl groups is 1. The van der Waals surface area contributed by atoms with Crippen LogP contribution in [0.4, 0.5) is 5.69 Å². The monoisotopic (exact) mass is 333 g/mol. The van der Waals surface area contributed by atoms with E-state index in [2.05, 4.69) is 22.1 Å². The number of fused-ring (bicyclic) bond motifs is 1. The summed E-state index contributed by atoms with van der Waals surface area (Å²) in [7, 11) is 0. The Balaban J connectivity index is 1.91. The number of carbonyl (C=O) groups is 1. The van der Waals surface area contributed by atoms with Crippen LogP contribution in [-0.2, 0) is 4.79 Å². The average Bonchev–Trinajstić information content (AvgIpc) is 2.54. The first-order chi connectivity index (χ1) is 11.1. The number of aliphatic hydroxyl groups excluding tert-OH is 1. The number of pyridine rings is 1. The van der Waals surface area contributed by atoms with Gasteiger partial charge in [-0.25, -0.2) is 0 Å². The zero-order valence-corrected chi connectivity index (χ0v) is 13.8. The SMILES string of the molecule is CC1CC(NC(=O)CO)CN(c2ccc(Cl)c3ncccc23)C1. The van der Waals surface area contributed by atoms with Crippen LogP contribution in [0.2, 0.25) is 5.02 Å². The van der Waals surface area contributed by atoms with Crippen molar-refractivity contribution in [2.75, 3.05) is 24.6 Å². The normalized spacial score (nSPS) is 21.4. The van der Waals surface area contributed by atoms with Crippen molar-refractivity contribution in [3.63, 3.8) is 0 Å². The molecule has 5 nitrogen and oxygen atoms in total. The second-order valence-electron chi connectivity index (χ2n) is 6.13. The Morgan fingerprint density at radius 3 is 3.04 bits per heavy atom. The standard InChI is InChI=1S/C17H20ClN3O2/c1-11-7-12(20-16(23)10-22)9-21(8-11)15-5-4-14(18)17-13(15)3-2-6-19-17/h2-6,11-12,22H,7-10H2,1H3,(H,20,23). The molecule has 3 rings (SSSR count). The lowest BCUT2D eigenvalue weighted by Crippen LogP contribution is -2.51.